The first-order valence-electron chi connectivity index (χ1n) is 4.72. The maximum Gasteiger partial charge on any atom is 0.0558 e. The van der Waals surface area contributed by atoms with E-state index in [2.05, 4.69) is 11.2 Å². The quantitative estimate of drug-likeness (QED) is 0.609. The summed E-state index contributed by atoms with van der Waals surface area (Å²) in [4.78, 5) is 2.43. The molecule has 0 spiro atoms. The summed E-state index contributed by atoms with van der Waals surface area (Å²) in [5.41, 5.74) is 0. The van der Waals surface area contributed by atoms with Crippen molar-refractivity contribution in [2.24, 2.45) is 0 Å². The second-order valence-corrected chi connectivity index (χ2v) is 4.32. The van der Waals surface area contributed by atoms with E-state index in [-0.39, 0.29) is 0 Å². The Balaban J connectivity index is 2.05. The van der Waals surface area contributed by atoms with Crippen LogP contribution in [0.1, 0.15) is 19.3 Å². The number of hydrogen-bond acceptors (Lipinski definition) is 3. The number of nitrogens with zero attached hydrogens (tertiary/aromatic N) is 1. The molecule has 0 aliphatic heterocycles. The predicted molar refractivity (Wildman–Crippen MR) is 54.7 cm³/mol. The van der Waals surface area contributed by atoms with E-state index in [1.165, 1.54) is 31.6 Å². The molecule has 0 aromatic heterocycles. The van der Waals surface area contributed by atoms with Crippen LogP contribution in [0.4, 0.5) is 0 Å². The summed E-state index contributed by atoms with van der Waals surface area (Å²) in [6.45, 7) is 2.36. The normalized spacial score (nSPS) is 17.2. The molecule has 12 heavy (non-hydrogen) atoms. The van der Waals surface area contributed by atoms with Crippen LogP contribution in [0.3, 0.4) is 0 Å². The molecule has 0 bridgehead atoms. The lowest BCUT2D eigenvalue weighted by molar-refractivity contribution is 0.190. The van der Waals surface area contributed by atoms with E-state index in [4.69, 9.17) is 5.11 Å². The van der Waals surface area contributed by atoms with Crippen molar-refractivity contribution in [3.63, 3.8) is 0 Å². The molecule has 0 unspecified atom stereocenters. The van der Waals surface area contributed by atoms with Gasteiger partial charge < -0.3 is 5.11 Å². The minimum absolute atomic E-state index is 0.315. The number of thioether (sulfide) groups is 1. The van der Waals surface area contributed by atoms with Gasteiger partial charge in [-0.25, -0.2) is 0 Å². The van der Waals surface area contributed by atoms with Crippen LogP contribution in [0.2, 0.25) is 0 Å². The van der Waals surface area contributed by atoms with Gasteiger partial charge in [0.05, 0.1) is 6.61 Å². The molecule has 1 aliphatic carbocycles. The van der Waals surface area contributed by atoms with Gasteiger partial charge in [0.2, 0.25) is 0 Å². The largest absolute Gasteiger partial charge is 0.395 e. The lowest BCUT2D eigenvalue weighted by Crippen LogP contribution is -2.30. The molecular formula is C9H19NOS. The Morgan fingerprint density at radius 1 is 1.42 bits per heavy atom. The lowest BCUT2D eigenvalue weighted by atomic mass is 10.4. The zero-order valence-corrected chi connectivity index (χ0v) is 8.65. The van der Waals surface area contributed by atoms with Crippen molar-refractivity contribution in [3.05, 3.63) is 0 Å². The van der Waals surface area contributed by atoms with Crippen LogP contribution >= 0.6 is 11.8 Å². The molecule has 3 heteroatoms. The molecule has 0 atom stereocenters. The third-order valence-electron chi connectivity index (χ3n) is 2.24. The molecule has 0 saturated heterocycles. The van der Waals surface area contributed by atoms with Gasteiger partial charge in [0, 0.05) is 12.6 Å². The van der Waals surface area contributed by atoms with Crippen LogP contribution in [0.25, 0.3) is 0 Å². The molecule has 0 amide bonds. The maximum atomic E-state index is 8.82. The van der Waals surface area contributed by atoms with Crippen LogP contribution in [-0.4, -0.2) is 47.8 Å². The topological polar surface area (TPSA) is 23.5 Å². The Bertz CT molecular complexity index is 117. The number of aliphatic hydroxyl groups is 1. The van der Waals surface area contributed by atoms with Crippen molar-refractivity contribution in [2.75, 3.05) is 31.7 Å². The van der Waals surface area contributed by atoms with Crippen LogP contribution < -0.4 is 0 Å². The highest BCUT2D eigenvalue weighted by Gasteiger charge is 2.27. The summed E-state index contributed by atoms with van der Waals surface area (Å²) < 4.78 is 0. The summed E-state index contributed by atoms with van der Waals surface area (Å²) >= 11 is 1.90. The second kappa shape index (κ2) is 5.84. The van der Waals surface area contributed by atoms with Crippen molar-refractivity contribution in [1.29, 1.82) is 0 Å². The van der Waals surface area contributed by atoms with Crippen LogP contribution in [0.5, 0.6) is 0 Å². The van der Waals surface area contributed by atoms with Gasteiger partial charge in [-0.1, -0.05) is 0 Å². The minimum atomic E-state index is 0.315. The van der Waals surface area contributed by atoms with Crippen molar-refractivity contribution in [3.8, 4) is 0 Å². The first-order valence-corrected chi connectivity index (χ1v) is 6.11. The molecule has 1 saturated carbocycles. The lowest BCUT2D eigenvalue weighted by Gasteiger charge is -2.20. The fourth-order valence-electron chi connectivity index (χ4n) is 1.46. The molecule has 1 fully saturated rings. The van der Waals surface area contributed by atoms with Gasteiger partial charge in [0.1, 0.15) is 0 Å². The highest BCUT2D eigenvalue weighted by molar-refractivity contribution is 7.98. The van der Waals surface area contributed by atoms with Crippen LogP contribution in [-0.2, 0) is 0 Å². The molecule has 1 N–H and O–H groups in total. The second-order valence-electron chi connectivity index (χ2n) is 3.34. The Morgan fingerprint density at radius 3 is 2.67 bits per heavy atom. The van der Waals surface area contributed by atoms with Crippen LogP contribution in [0, 0.1) is 0 Å². The summed E-state index contributed by atoms with van der Waals surface area (Å²) in [7, 11) is 0. The summed E-state index contributed by atoms with van der Waals surface area (Å²) in [6, 6.07) is 0.805. The molecule has 0 radical (unpaired) electrons. The third kappa shape index (κ3) is 3.78. The van der Waals surface area contributed by atoms with E-state index < -0.39 is 0 Å². The smallest absolute Gasteiger partial charge is 0.0558 e. The van der Waals surface area contributed by atoms with Crippen molar-refractivity contribution in [2.45, 2.75) is 25.3 Å². The monoisotopic (exact) mass is 189 g/mol. The van der Waals surface area contributed by atoms with E-state index in [0.717, 1.165) is 12.6 Å². The van der Waals surface area contributed by atoms with Crippen molar-refractivity contribution < 1.29 is 5.11 Å². The molecule has 1 aliphatic rings. The van der Waals surface area contributed by atoms with E-state index in [0.29, 0.717) is 6.61 Å². The molecule has 0 heterocycles. The molecule has 0 aromatic carbocycles. The van der Waals surface area contributed by atoms with Gasteiger partial charge in [-0.3, -0.25) is 4.90 Å². The molecule has 2 nitrogen and oxygen atoms in total. The first kappa shape index (κ1) is 10.4. The average Bonchev–Trinajstić information content (AvgIpc) is 2.86. The standard InChI is InChI=1S/C9H19NOS/c1-12-8-2-5-10(6-7-11)9-3-4-9/h9,11H,2-8H2,1H3. The Morgan fingerprint density at radius 2 is 2.17 bits per heavy atom. The predicted octanol–water partition coefficient (Wildman–Crippen LogP) is 1.20. The third-order valence-corrected chi connectivity index (χ3v) is 2.94. The Labute approximate surface area is 79.3 Å². The van der Waals surface area contributed by atoms with Crippen molar-refractivity contribution in [1.82, 2.24) is 4.90 Å². The molecule has 1 rings (SSSR count). The van der Waals surface area contributed by atoms with Gasteiger partial charge in [0.15, 0.2) is 0 Å². The van der Waals surface area contributed by atoms with E-state index >= 15 is 0 Å². The fraction of sp³-hybridized carbons (Fsp3) is 1.00. The van der Waals surface area contributed by atoms with Gasteiger partial charge in [-0.15, -0.1) is 0 Å². The fourth-order valence-corrected chi connectivity index (χ4v) is 1.87. The average molecular weight is 189 g/mol. The molecular weight excluding hydrogens is 170 g/mol. The Hall–Kier alpha value is 0.270. The van der Waals surface area contributed by atoms with Gasteiger partial charge in [-0.2, -0.15) is 11.8 Å². The summed E-state index contributed by atoms with van der Waals surface area (Å²) in [5, 5.41) is 8.82. The number of aliphatic hydroxyl groups excluding tert-OH is 1. The number of rotatable bonds is 7. The zero-order chi connectivity index (χ0) is 8.81. The van der Waals surface area contributed by atoms with Crippen molar-refractivity contribution >= 4 is 11.8 Å². The highest BCUT2D eigenvalue weighted by Crippen LogP contribution is 2.26. The van der Waals surface area contributed by atoms with Gasteiger partial charge in [-0.05, 0) is 37.8 Å². The zero-order valence-electron chi connectivity index (χ0n) is 7.83. The SMILES string of the molecule is CSCCCN(CCO)C1CC1. The highest BCUT2D eigenvalue weighted by atomic mass is 32.2. The van der Waals surface area contributed by atoms with Gasteiger partial charge in [0.25, 0.3) is 0 Å². The van der Waals surface area contributed by atoms with E-state index in [9.17, 15) is 0 Å². The van der Waals surface area contributed by atoms with Crippen LogP contribution in [0.15, 0.2) is 0 Å². The van der Waals surface area contributed by atoms with Gasteiger partial charge >= 0.3 is 0 Å². The number of hydrogen-bond donors (Lipinski definition) is 1. The maximum absolute atomic E-state index is 8.82. The Kier molecular flexibility index (Phi) is 5.04. The molecule has 0 aromatic rings. The van der Waals surface area contributed by atoms with E-state index in [1.54, 1.807) is 0 Å². The summed E-state index contributed by atoms with van der Waals surface area (Å²) in [6.07, 6.45) is 6.10. The molecule has 72 valence electrons. The first-order chi connectivity index (χ1) is 5.88. The van der Waals surface area contributed by atoms with E-state index in [1.807, 2.05) is 11.8 Å². The summed E-state index contributed by atoms with van der Waals surface area (Å²) in [5.74, 6) is 1.24. The minimum Gasteiger partial charge on any atom is -0.395 e.